The van der Waals surface area contributed by atoms with E-state index in [1.807, 2.05) is 24.3 Å². The van der Waals surface area contributed by atoms with Crippen molar-refractivity contribution in [2.45, 2.75) is 13.5 Å². The molecule has 106 valence electrons. The molecule has 0 N–H and O–H groups in total. The number of amides is 2. The van der Waals surface area contributed by atoms with E-state index in [1.54, 1.807) is 29.8 Å². The summed E-state index contributed by atoms with van der Waals surface area (Å²) in [5, 5.41) is 0. The van der Waals surface area contributed by atoms with Crippen LogP contribution in [0.15, 0.2) is 35.9 Å². The number of hydrogen-bond donors (Lipinski definition) is 0. The normalized spacial score (nSPS) is 15.2. The quantitative estimate of drug-likeness (QED) is 0.627. The van der Waals surface area contributed by atoms with Gasteiger partial charge in [-0.15, -0.1) is 0 Å². The first-order valence-electron chi connectivity index (χ1n) is 6.40. The van der Waals surface area contributed by atoms with Crippen molar-refractivity contribution in [3.8, 4) is 0 Å². The molecule has 2 rings (SSSR count). The molecule has 0 aromatic heterocycles. The van der Waals surface area contributed by atoms with Crippen molar-refractivity contribution in [1.29, 1.82) is 0 Å². The number of hydrogen-bond acceptors (Lipinski definition) is 3. The molecule has 0 saturated carbocycles. The van der Waals surface area contributed by atoms with Crippen LogP contribution in [0.2, 0.25) is 0 Å². The molecule has 0 fully saturated rings. The Morgan fingerprint density at radius 3 is 2.80 bits per heavy atom. The van der Waals surface area contributed by atoms with Crippen molar-refractivity contribution in [2.24, 2.45) is 0 Å². The predicted octanol–water partition coefficient (Wildman–Crippen LogP) is 2.18. The molecular formula is C15H18N2O3. The summed E-state index contributed by atoms with van der Waals surface area (Å²) in [6.07, 6.45) is 1.71. The van der Waals surface area contributed by atoms with Crippen LogP contribution in [0.1, 0.15) is 12.5 Å². The molecule has 0 aliphatic carbocycles. The van der Waals surface area contributed by atoms with Crippen molar-refractivity contribution in [1.82, 2.24) is 4.90 Å². The number of benzene rings is 1. The summed E-state index contributed by atoms with van der Waals surface area (Å²) in [6.45, 7) is 2.63. The minimum absolute atomic E-state index is 0.0717. The summed E-state index contributed by atoms with van der Waals surface area (Å²) < 4.78 is 4.65. The third kappa shape index (κ3) is 2.66. The molecule has 1 heterocycles. The van der Waals surface area contributed by atoms with Gasteiger partial charge in [0, 0.05) is 25.7 Å². The van der Waals surface area contributed by atoms with E-state index < -0.39 is 0 Å². The van der Waals surface area contributed by atoms with Crippen LogP contribution < -0.4 is 4.90 Å². The van der Waals surface area contributed by atoms with Gasteiger partial charge in [0.2, 0.25) is 0 Å². The molecule has 0 saturated heterocycles. The van der Waals surface area contributed by atoms with Crippen molar-refractivity contribution in [3.05, 3.63) is 41.5 Å². The number of carbonyl (C=O) groups excluding carboxylic acids is 2. The topological polar surface area (TPSA) is 49.9 Å². The first kappa shape index (κ1) is 14.1. The van der Waals surface area contributed by atoms with Gasteiger partial charge in [0.15, 0.2) is 0 Å². The lowest BCUT2D eigenvalue weighted by Crippen LogP contribution is -2.45. The second-order valence-electron chi connectivity index (χ2n) is 4.76. The van der Waals surface area contributed by atoms with Gasteiger partial charge in [-0.2, -0.15) is 0 Å². The van der Waals surface area contributed by atoms with E-state index in [0.717, 1.165) is 11.3 Å². The van der Waals surface area contributed by atoms with E-state index in [4.69, 9.17) is 0 Å². The van der Waals surface area contributed by atoms with Crippen molar-refractivity contribution in [3.63, 3.8) is 0 Å². The number of fused-ring (bicyclic) bond motifs is 1. The van der Waals surface area contributed by atoms with E-state index in [1.165, 1.54) is 7.11 Å². The highest BCUT2D eigenvalue weighted by molar-refractivity contribution is 5.95. The maximum absolute atomic E-state index is 12.2. The van der Waals surface area contributed by atoms with Crippen LogP contribution in [0.4, 0.5) is 10.5 Å². The van der Waals surface area contributed by atoms with Crippen LogP contribution in [0, 0.1) is 0 Å². The smallest absolute Gasteiger partial charge is 0.333 e. The van der Waals surface area contributed by atoms with Gasteiger partial charge in [0.05, 0.1) is 12.8 Å². The molecule has 0 unspecified atom stereocenters. The van der Waals surface area contributed by atoms with Crippen LogP contribution >= 0.6 is 0 Å². The maximum Gasteiger partial charge on any atom is 0.333 e. The Morgan fingerprint density at radius 2 is 2.10 bits per heavy atom. The third-order valence-corrected chi connectivity index (χ3v) is 3.33. The molecule has 5 heteroatoms. The standard InChI is InChI=1S/C15H18N2O3/c1-11(14(18)20-3)8-9-17-13-7-5-4-6-12(13)10-16(2)15(17)19/h4-8H,9-10H2,1-3H3/b11-8+. The van der Waals surface area contributed by atoms with Crippen LogP contribution in [-0.2, 0) is 16.1 Å². The lowest BCUT2D eigenvalue weighted by atomic mass is 10.1. The minimum atomic E-state index is -0.379. The van der Waals surface area contributed by atoms with Crippen LogP contribution in [0.5, 0.6) is 0 Å². The molecule has 1 aliphatic heterocycles. The summed E-state index contributed by atoms with van der Waals surface area (Å²) >= 11 is 0. The molecule has 1 aromatic rings. The molecule has 0 radical (unpaired) electrons. The molecule has 0 atom stereocenters. The van der Waals surface area contributed by atoms with Crippen molar-refractivity contribution < 1.29 is 14.3 Å². The summed E-state index contributed by atoms with van der Waals surface area (Å²) in [4.78, 5) is 26.9. The van der Waals surface area contributed by atoms with E-state index in [-0.39, 0.29) is 12.0 Å². The predicted molar refractivity (Wildman–Crippen MR) is 76.4 cm³/mol. The number of esters is 1. The van der Waals surface area contributed by atoms with Gasteiger partial charge in [-0.25, -0.2) is 9.59 Å². The lowest BCUT2D eigenvalue weighted by molar-refractivity contribution is -0.136. The van der Waals surface area contributed by atoms with Gasteiger partial charge in [0.1, 0.15) is 0 Å². The molecule has 0 spiro atoms. The maximum atomic E-state index is 12.2. The molecule has 2 amide bonds. The average molecular weight is 274 g/mol. The number of urea groups is 1. The summed E-state index contributed by atoms with van der Waals surface area (Å²) in [5.41, 5.74) is 2.48. The Hall–Kier alpha value is -2.30. The highest BCUT2D eigenvalue weighted by Gasteiger charge is 2.26. The summed E-state index contributed by atoms with van der Waals surface area (Å²) in [7, 11) is 3.11. The number of anilines is 1. The Balaban J connectivity index is 2.26. The number of rotatable bonds is 3. The minimum Gasteiger partial charge on any atom is -0.466 e. The van der Waals surface area contributed by atoms with Crippen molar-refractivity contribution in [2.75, 3.05) is 25.6 Å². The van der Waals surface area contributed by atoms with Crippen molar-refractivity contribution >= 4 is 17.7 Å². The van der Waals surface area contributed by atoms with Gasteiger partial charge < -0.3 is 9.64 Å². The molecule has 1 aliphatic rings. The third-order valence-electron chi connectivity index (χ3n) is 3.33. The summed E-state index contributed by atoms with van der Waals surface area (Å²) in [6, 6.07) is 7.71. The van der Waals surface area contributed by atoms with E-state index in [2.05, 4.69) is 4.74 Å². The zero-order valence-corrected chi connectivity index (χ0v) is 11.9. The zero-order chi connectivity index (χ0) is 14.7. The Kier molecular flexibility index (Phi) is 4.08. The molecular weight excluding hydrogens is 256 g/mol. The van der Waals surface area contributed by atoms with E-state index >= 15 is 0 Å². The first-order chi connectivity index (χ1) is 9.54. The van der Waals surface area contributed by atoms with Gasteiger partial charge >= 0.3 is 12.0 Å². The second kappa shape index (κ2) is 5.77. The molecule has 0 bridgehead atoms. The van der Waals surface area contributed by atoms with Gasteiger partial charge in [0.25, 0.3) is 0 Å². The average Bonchev–Trinajstić information content (AvgIpc) is 2.46. The molecule has 1 aromatic carbocycles. The lowest BCUT2D eigenvalue weighted by Gasteiger charge is -2.34. The largest absolute Gasteiger partial charge is 0.466 e. The number of carbonyl (C=O) groups is 2. The van der Waals surface area contributed by atoms with Gasteiger partial charge in [-0.05, 0) is 18.6 Å². The van der Waals surface area contributed by atoms with E-state index in [0.29, 0.717) is 18.7 Å². The number of ether oxygens (including phenoxy) is 1. The first-order valence-corrected chi connectivity index (χ1v) is 6.40. The van der Waals surface area contributed by atoms with Crippen LogP contribution in [0.25, 0.3) is 0 Å². The van der Waals surface area contributed by atoms with E-state index in [9.17, 15) is 9.59 Å². The fraction of sp³-hybridized carbons (Fsp3) is 0.333. The Morgan fingerprint density at radius 1 is 1.40 bits per heavy atom. The fourth-order valence-corrected chi connectivity index (χ4v) is 2.19. The second-order valence-corrected chi connectivity index (χ2v) is 4.76. The molecule has 5 nitrogen and oxygen atoms in total. The van der Waals surface area contributed by atoms with Crippen LogP contribution in [0.3, 0.4) is 0 Å². The summed E-state index contributed by atoms with van der Waals surface area (Å²) in [5.74, 6) is -0.379. The van der Waals surface area contributed by atoms with Gasteiger partial charge in [-0.3, -0.25) is 4.90 Å². The fourth-order valence-electron chi connectivity index (χ4n) is 2.19. The number of nitrogens with zero attached hydrogens (tertiary/aromatic N) is 2. The Bertz CT molecular complexity index is 566. The highest BCUT2D eigenvalue weighted by atomic mass is 16.5. The monoisotopic (exact) mass is 274 g/mol. The zero-order valence-electron chi connectivity index (χ0n) is 11.9. The SMILES string of the molecule is COC(=O)/C(C)=C/CN1C(=O)N(C)Cc2ccccc21. The van der Waals surface area contributed by atoms with Crippen LogP contribution in [-0.4, -0.2) is 37.6 Å². The molecule has 20 heavy (non-hydrogen) atoms. The Labute approximate surface area is 118 Å². The number of para-hydroxylation sites is 1. The number of methoxy groups -OCH3 is 1. The van der Waals surface area contributed by atoms with Gasteiger partial charge in [-0.1, -0.05) is 24.3 Å². The highest BCUT2D eigenvalue weighted by Crippen LogP contribution is 2.27.